The van der Waals surface area contributed by atoms with E-state index in [9.17, 15) is 9.59 Å². The summed E-state index contributed by atoms with van der Waals surface area (Å²) >= 11 is 0. The van der Waals surface area contributed by atoms with Crippen molar-refractivity contribution < 1.29 is 5.11 Å². The highest BCUT2D eigenvalue weighted by atomic mass is 16.3. The summed E-state index contributed by atoms with van der Waals surface area (Å²) in [5.74, 6) is 0.282. The molecular weight excluding hydrogens is 208 g/mol. The number of nitrogens with one attached hydrogen (secondary N) is 1. The van der Waals surface area contributed by atoms with Crippen LogP contribution in [0.2, 0.25) is 0 Å². The molecule has 1 aliphatic carbocycles. The Kier molecular flexibility index (Phi) is 2.96. The van der Waals surface area contributed by atoms with Crippen molar-refractivity contribution in [2.24, 2.45) is 5.92 Å². The molecule has 1 saturated carbocycles. The van der Waals surface area contributed by atoms with E-state index in [0.29, 0.717) is 5.56 Å². The topological polar surface area (TPSA) is 75.1 Å². The van der Waals surface area contributed by atoms with Gasteiger partial charge in [-0.15, -0.1) is 0 Å². The number of hydrogen-bond donors (Lipinski definition) is 2. The Morgan fingerprint density at radius 2 is 2.25 bits per heavy atom. The van der Waals surface area contributed by atoms with Crippen molar-refractivity contribution in [2.45, 2.75) is 32.2 Å². The van der Waals surface area contributed by atoms with E-state index in [1.54, 1.807) is 17.7 Å². The number of H-pyrrole nitrogens is 1. The Morgan fingerprint density at radius 1 is 1.50 bits per heavy atom. The highest BCUT2D eigenvalue weighted by Gasteiger charge is 2.26. The van der Waals surface area contributed by atoms with Gasteiger partial charge in [0.25, 0.3) is 5.56 Å². The van der Waals surface area contributed by atoms with Gasteiger partial charge in [0.05, 0.1) is 0 Å². The summed E-state index contributed by atoms with van der Waals surface area (Å²) < 4.78 is 1.59. The maximum Gasteiger partial charge on any atom is 0.328 e. The highest BCUT2D eigenvalue weighted by molar-refractivity contribution is 5.02. The first-order chi connectivity index (χ1) is 7.61. The minimum absolute atomic E-state index is 0.111. The van der Waals surface area contributed by atoms with Crippen LogP contribution in [-0.2, 0) is 0 Å². The van der Waals surface area contributed by atoms with Crippen LogP contribution < -0.4 is 11.2 Å². The molecule has 2 atom stereocenters. The number of aryl methyl sites for hydroxylation is 1. The Labute approximate surface area is 92.7 Å². The number of aliphatic hydroxyl groups is 1. The molecule has 2 rings (SSSR count). The van der Waals surface area contributed by atoms with Crippen molar-refractivity contribution in [3.05, 3.63) is 32.6 Å². The summed E-state index contributed by atoms with van der Waals surface area (Å²) in [6.45, 7) is 1.86. The molecule has 0 spiro atoms. The fourth-order valence-corrected chi connectivity index (χ4v) is 2.32. The lowest BCUT2D eigenvalue weighted by Crippen LogP contribution is -2.32. The van der Waals surface area contributed by atoms with E-state index in [1.807, 2.05) is 0 Å². The predicted octanol–water partition coefficient (Wildman–Crippen LogP) is 0.179. The van der Waals surface area contributed by atoms with Gasteiger partial charge in [0.1, 0.15) is 0 Å². The fraction of sp³-hybridized carbons (Fsp3) is 0.636. The largest absolute Gasteiger partial charge is 0.396 e. The quantitative estimate of drug-likeness (QED) is 0.752. The molecule has 2 N–H and O–H groups in total. The Morgan fingerprint density at radius 3 is 2.88 bits per heavy atom. The summed E-state index contributed by atoms with van der Waals surface area (Å²) in [4.78, 5) is 25.1. The fourth-order valence-electron chi connectivity index (χ4n) is 2.32. The van der Waals surface area contributed by atoms with Gasteiger partial charge in [0.15, 0.2) is 0 Å². The van der Waals surface area contributed by atoms with Crippen LogP contribution in [0.1, 0.15) is 30.9 Å². The second-order valence-corrected chi connectivity index (χ2v) is 4.49. The van der Waals surface area contributed by atoms with Gasteiger partial charge in [-0.2, -0.15) is 0 Å². The maximum absolute atomic E-state index is 11.6. The van der Waals surface area contributed by atoms with Crippen LogP contribution in [0.25, 0.3) is 0 Å². The zero-order valence-electron chi connectivity index (χ0n) is 9.27. The summed E-state index contributed by atoms with van der Waals surface area (Å²) in [5.41, 5.74) is -0.121. The molecule has 1 aliphatic rings. The van der Waals surface area contributed by atoms with E-state index in [1.165, 1.54) is 0 Å². The molecule has 1 fully saturated rings. The standard InChI is InChI=1S/C11H16N2O3/c1-7-5-13(11(16)12-10(7)15)9-3-2-8(4-9)6-14/h5,8-9,14H,2-4,6H2,1H3,(H,12,15,16)/t8-,9-/m0/s1. The summed E-state index contributed by atoms with van der Waals surface area (Å²) in [5, 5.41) is 9.05. The lowest BCUT2D eigenvalue weighted by atomic mass is 10.1. The van der Waals surface area contributed by atoms with Crippen molar-refractivity contribution in [1.82, 2.24) is 9.55 Å². The van der Waals surface area contributed by atoms with E-state index in [0.717, 1.165) is 19.3 Å². The average molecular weight is 224 g/mol. The molecule has 0 unspecified atom stereocenters. The minimum Gasteiger partial charge on any atom is -0.396 e. The summed E-state index contributed by atoms with van der Waals surface area (Å²) in [6, 6.07) is 0.111. The lowest BCUT2D eigenvalue weighted by molar-refractivity contribution is 0.226. The second-order valence-electron chi connectivity index (χ2n) is 4.49. The molecule has 0 bridgehead atoms. The third kappa shape index (κ3) is 1.95. The predicted molar refractivity (Wildman–Crippen MR) is 59.5 cm³/mol. The van der Waals surface area contributed by atoms with Crippen LogP contribution >= 0.6 is 0 Å². The van der Waals surface area contributed by atoms with Gasteiger partial charge >= 0.3 is 5.69 Å². The van der Waals surface area contributed by atoms with E-state index < -0.39 is 0 Å². The first-order valence-electron chi connectivity index (χ1n) is 5.54. The van der Waals surface area contributed by atoms with Crippen LogP contribution in [0.5, 0.6) is 0 Å². The summed E-state index contributed by atoms with van der Waals surface area (Å²) in [7, 11) is 0. The normalized spacial score (nSPS) is 24.9. The SMILES string of the molecule is Cc1cn([C@H]2CC[C@H](CO)C2)c(=O)[nH]c1=O. The van der Waals surface area contributed by atoms with Gasteiger partial charge in [-0.3, -0.25) is 14.3 Å². The number of aliphatic hydroxyl groups excluding tert-OH is 1. The molecule has 0 aromatic carbocycles. The third-order valence-corrected chi connectivity index (χ3v) is 3.31. The zero-order valence-corrected chi connectivity index (χ0v) is 9.27. The van der Waals surface area contributed by atoms with Crippen LogP contribution in [0.15, 0.2) is 15.8 Å². The molecule has 0 saturated heterocycles. The van der Waals surface area contributed by atoms with Crippen molar-refractivity contribution in [3.63, 3.8) is 0 Å². The number of aromatic nitrogens is 2. The van der Waals surface area contributed by atoms with Gasteiger partial charge in [-0.25, -0.2) is 4.79 Å². The number of aromatic amines is 1. The molecule has 88 valence electrons. The molecule has 1 heterocycles. The smallest absolute Gasteiger partial charge is 0.328 e. The Hall–Kier alpha value is -1.36. The Bertz CT molecular complexity index is 489. The van der Waals surface area contributed by atoms with Crippen LogP contribution in [0.4, 0.5) is 0 Å². The minimum atomic E-state index is -0.348. The van der Waals surface area contributed by atoms with Gasteiger partial charge in [-0.05, 0) is 32.1 Å². The van der Waals surface area contributed by atoms with Crippen LogP contribution in [0.3, 0.4) is 0 Å². The first kappa shape index (κ1) is 11.1. The zero-order chi connectivity index (χ0) is 11.7. The van der Waals surface area contributed by atoms with Gasteiger partial charge in [0.2, 0.25) is 0 Å². The van der Waals surface area contributed by atoms with Crippen molar-refractivity contribution >= 4 is 0 Å². The van der Waals surface area contributed by atoms with Gasteiger partial charge < -0.3 is 5.11 Å². The molecule has 1 aromatic heterocycles. The lowest BCUT2D eigenvalue weighted by Gasteiger charge is -2.13. The molecule has 0 radical (unpaired) electrons. The van der Waals surface area contributed by atoms with E-state index in [4.69, 9.17) is 5.11 Å². The number of hydrogen-bond acceptors (Lipinski definition) is 3. The molecular formula is C11H16N2O3. The molecule has 5 heteroatoms. The first-order valence-corrected chi connectivity index (χ1v) is 5.54. The number of nitrogens with zero attached hydrogens (tertiary/aromatic N) is 1. The summed E-state index contributed by atoms with van der Waals surface area (Å²) in [6.07, 6.45) is 4.25. The van der Waals surface area contributed by atoms with Crippen LogP contribution in [0, 0.1) is 12.8 Å². The molecule has 5 nitrogen and oxygen atoms in total. The highest BCUT2D eigenvalue weighted by Crippen LogP contribution is 2.33. The Balaban J connectivity index is 2.32. The monoisotopic (exact) mass is 224 g/mol. The average Bonchev–Trinajstić information content (AvgIpc) is 2.71. The molecule has 0 aliphatic heterocycles. The van der Waals surface area contributed by atoms with Crippen molar-refractivity contribution in [2.75, 3.05) is 6.61 Å². The molecule has 1 aromatic rings. The van der Waals surface area contributed by atoms with E-state index in [2.05, 4.69) is 4.98 Å². The van der Waals surface area contributed by atoms with E-state index >= 15 is 0 Å². The van der Waals surface area contributed by atoms with Gasteiger partial charge in [-0.1, -0.05) is 0 Å². The maximum atomic E-state index is 11.6. The molecule has 16 heavy (non-hydrogen) atoms. The van der Waals surface area contributed by atoms with E-state index in [-0.39, 0.29) is 29.8 Å². The van der Waals surface area contributed by atoms with Crippen LogP contribution in [-0.4, -0.2) is 21.3 Å². The van der Waals surface area contributed by atoms with Crippen molar-refractivity contribution in [1.29, 1.82) is 0 Å². The van der Waals surface area contributed by atoms with Crippen molar-refractivity contribution in [3.8, 4) is 0 Å². The molecule has 0 amide bonds. The van der Waals surface area contributed by atoms with Gasteiger partial charge in [0, 0.05) is 24.4 Å². The third-order valence-electron chi connectivity index (χ3n) is 3.31. The second kappa shape index (κ2) is 4.25. The number of rotatable bonds is 2.